The lowest BCUT2D eigenvalue weighted by Crippen LogP contribution is -2.26. The van der Waals surface area contributed by atoms with Crippen molar-refractivity contribution in [3.63, 3.8) is 0 Å². The van der Waals surface area contributed by atoms with Gasteiger partial charge < -0.3 is 5.73 Å². The Kier molecular flexibility index (Phi) is 4.60. The predicted molar refractivity (Wildman–Crippen MR) is 74.6 cm³/mol. The summed E-state index contributed by atoms with van der Waals surface area (Å²) in [5.41, 5.74) is 6.47. The minimum absolute atomic E-state index is 0.0911. The number of nitrogens with two attached hydrogens (primary N) is 1. The van der Waals surface area contributed by atoms with Crippen LogP contribution in [0, 0.1) is 11.2 Å². The van der Waals surface area contributed by atoms with Crippen LogP contribution < -0.4 is 5.73 Å². The third-order valence-electron chi connectivity index (χ3n) is 3.07. The van der Waals surface area contributed by atoms with E-state index in [1.54, 1.807) is 12.1 Å². The molecule has 0 atom stereocenters. The second kappa shape index (κ2) is 6.20. The van der Waals surface area contributed by atoms with E-state index in [1.165, 1.54) is 11.8 Å². The molecule has 1 aliphatic rings. The molecule has 98 valence electrons. The van der Waals surface area contributed by atoms with E-state index in [0.29, 0.717) is 17.7 Å². The third kappa shape index (κ3) is 3.46. The molecule has 1 aromatic rings. The van der Waals surface area contributed by atoms with Gasteiger partial charge in [0.15, 0.2) is 0 Å². The lowest BCUT2D eigenvalue weighted by Gasteiger charge is -2.19. The minimum Gasteiger partial charge on any atom is -0.384 e. The second-order valence-electron chi connectivity index (χ2n) is 4.46. The highest BCUT2D eigenvalue weighted by Gasteiger charge is 2.12. The average molecular weight is 267 g/mol. The summed E-state index contributed by atoms with van der Waals surface area (Å²) < 4.78 is 13.9. The van der Waals surface area contributed by atoms with Gasteiger partial charge in [0.05, 0.1) is 0 Å². The summed E-state index contributed by atoms with van der Waals surface area (Å²) in [6, 6.07) is 4.81. The van der Waals surface area contributed by atoms with Crippen LogP contribution in [0.2, 0.25) is 0 Å². The summed E-state index contributed by atoms with van der Waals surface area (Å²) in [6.45, 7) is 2.68. The molecule has 0 saturated carbocycles. The molecule has 0 amide bonds. The van der Waals surface area contributed by atoms with E-state index < -0.39 is 0 Å². The van der Waals surface area contributed by atoms with Crippen molar-refractivity contribution in [3.05, 3.63) is 35.1 Å². The third-order valence-corrected chi connectivity index (χ3v) is 4.12. The lowest BCUT2D eigenvalue weighted by molar-refractivity contribution is 0.283. The molecule has 1 heterocycles. The number of hydrogen-bond donors (Lipinski definition) is 2. The van der Waals surface area contributed by atoms with Gasteiger partial charge in [-0.25, -0.2) is 4.39 Å². The molecule has 1 aromatic carbocycles. The molecule has 1 fully saturated rings. The van der Waals surface area contributed by atoms with Crippen LogP contribution in [0.1, 0.15) is 17.5 Å². The lowest BCUT2D eigenvalue weighted by atomic mass is 10.1. The van der Waals surface area contributed by atoms with Crippen molar-refractivity contribution in [2.45, 2.75) is 13.0 Å². The second-order valence-corrected chi connectivity index (χ2v) is 5.69. The molecule has 3 nitrogen and oxygen atoms in total. The average Bonchev–Trinajstić information content (AvgIpc) is 2.60. The highest BCUT2D eigenvalue weighted by Crippen LogP contribution is 2.16. The van der Waals surface area contributed by atoms with Crippen LogP contribution in [0.15, 0.2) is 18.2 Å². The first kappa shape index (κ1) is 13.4. The van der Waals surface area contributed by atoms with Gasteiger partial charge in [-0.2, -0.15) is 11.8 Å². The van der Waals surface area contributed by atoms with Crippen LogP contribution in [0.25, 0.3) is 0 Å². The Morgan fingerprint density at radius 2 is 2.22 bits per heavy atom. The Balaban J connectivity index is 2.06. The number of benzene rings is 1. The minimum atomic E-state index is -0.264. The monoisotopic (exact) mass is 267 g/mol. The Bertz CT molecular complexity index is 428. The molecule has 0 spiro atoms. The fourth-order valence-electron chi connectivity index (χ4n) is 2.04. The summed E-state index contributed by atoms with van der Waals surface area (Å²) in [5.74, 6) is 1.96. The number of hydrogen-bond acceptors (Lipinski definition) is 3. The van der Waals surface area contributed by atoms with E-state index in [2.05, 4.69) is 4.90 Å². The van der Waals surface area contributed by atoms with Gasteiger partial charge in [0.25, 0.3) is 0 Å². The summed E-state index contributed by atoms with van der Waals surface area (Å²) in [6.07, 6.45) is 1.16. The SMILES string of the molecule is N=C(N)c1ccc(CN2CCCSCC2)c(F)c1. The molecule has 0 bridgehead atoms. The van der Waals surface area contributed by atoms with Gasteiger partial charge in [-0.15, -0.1) is 0 Å². The molecule has 0 aliphatic carbocycles. The van der Waals surface area contributed by atoms with Crippen LogP contribution in [-0.4, -0.2) is 35.3 Å². The van der Waals surface area contributed by atoms with Crippen LogP contribution in [-0.2, 0) is 6.54 Å². The highest BCUT2D eigenvalue weighted by atomic mass is 32.2. The van der Waals surface area contributed by atoms with Crippen molar-refractivity contribution in [1.82, 2.24) is 4.90 Å². The number of nitrogens with zero attached hydrogens (tertiary/aromatic N) is 1. The zero-order valence-corrected chi connectivity index (χ0v) is 11.1. The zero-order chi connectivity index (χ0) is 13.0. The smallest absolute Gasteiger partial charge is 0.128 e. The van der Waals surface area contributed by atoms with Crippen LogP contribution >= 0.6 is 11.8 Å². The Labute approximate surface area is 111 Å². The normalized spacial score (nSPS) is 17.4. The van der Waals surface area contributed by atoms with Gasteiger partial charge in [-0.3, -0.25) is 10.3 Å². The standard InChI is InChI=1S/C13H18FN3S/c14-12-8-10(13(15)16)2-3-11(12)9-17-4-1-6-18-7-5-17/h2-3,8H,1,4-7,9H2,(H3,15,16). The van der Waals surface area contributed by atoms with Crippen molar-refractivity contribution in [2.24, 2.45) is 5.73 Å². The molecule has 5 heteroatoms. The first-order chi connectivity index (χ1) is 8.66. The Morgan fingerprint density at radius 3 is 2.94 bits per heavy atom. The number of halogens is 1. The van der Waals surface area contributed by atoms with Gasteiger partial charge in [-0.05, 0) is 24.8 Å². The molecular weight excluding hydrogens is 249 g/mol. The van der Waals surface area contributed by atoms with Gasteiger partial charge in [0, 0.05) is 30.0 Å². The first-order valence-corrected chi connectivity index (χ1v) is 7.25. The van der Waals surface area contributed by atoms with E-state index in [4.69, 9.17) is 11.1 Å². The maximum atomic E-state index is 13.9. The predicted octanol–water partition coefficient (Wildman–Crippen LogP) is 2.05. The summed E-state index contributed by atoms with van der Waals surface area (Å²) in [7, 11) is 0. The van der Waals surface area contributed by atoms with Gasteiger partial charge in [-0.1, -0.05) is 12.1 Å². The fraction of sp³-hybridized carbons (Fsp3) is 0.462. The van der Waals surface area contributed by atoms with E-state index in [1.807, 2.05) is 11.8 Å². The van der Waals surface area contributed by atoms with Crippen LogP contribution in [0.5, 0.6) is 0 Å². The zero-order valence-electron chi connectivity index (χ0n) is 10.3. The molecule has 0 unspecified atom stereocenters. The molecular formula is C13H18FN3S. The van der Waals surface area contributed by atoms with Crippen LogP contribution in [0.4, 0.5) is 4.39 Å². The van der Waals surface area contributed by atoms with Crippen LogP contribution in [0.3, 0.4) is 0 Å². The molecule has 0 aromatic heterocycles. The summed E-state index contributed by atoms with van der Waals surface area (Å²) >= 11 is 1.96. The van der Waals surface area contributed by atoms with Crippen molar-refractivity contribution in [1.29, 1.82) is 5.41 Å². The molecule has 0 radical (unpaired) electrons. The van der Waals surface area contributed by atoms with E-state index >= 15 is 0 Å². The van der Waals surface area contributed by atoms with E-state index in [0.717, 1.165) is 25.3 Å². The number of rotatable bonds is 3. The highest BCUT2D eigenvalue weighted by molar-refractivity contribution is 7.99. The van der Waals surface area contributed by atoms with Crippen molar-refractivity contribution < 1.29 is 4.39 Å². The number of nitrogens with one attached hydrogen (secondary N) is 1. The van der Waals surface area contributed by atoms with Gasteiger partial charge in [0.1, 0.15) is 11.7 Å². The molecule has 1 aliphatic heterocycles. The summed E-state index contributed by atoms with van der Waals surface area (Å²) in [5, 5.41) is 7.28. The van der Waals surface area contributed by atoms with E-state index in [9.17, 15) is 4.39 Å². The van der Waals surface area contributed by atoms with Gasteiger partial charge in [0.2, 0.25) is 0 Å². The number of amidine groups is 1. The first-order valence-electron chi connectivity index (χ1n) is 6.10. The fourth-order valence-corrected chi connectivity index (χ4v) is 2.96. The molecule has 18 heavy (non-hydrogen) atoms. The molecule has 2 rings (SSSR count). The number of nitrogen functional groups attached to an aromatic ring is 1. The molecule has 3 N–H and O–H groups in total. The van der Waals surface area contributed by atoms with Crippen molar-refractivity contribution in [2.75, 3.05) is 24.6 Å². The summed E-state index contributed by atoms with van der Waals surface area (Å²) in [4.78, 5) is 2.28. The largest absolute Gasteiger partial charge is 0.384 e. The van der Waals surface area contributed by atoms with Gasteiger partial charge >= 0.3 is 0 Å². The maximum Gasteiger partial charge on any atom is 0.128 e. The topological polar surface area (TPSA) is 53.1 Å². The van der Waals surface area contributed by atoms with E-state index in [-0.39, 0.29) is 11.7 Å². The number of thioether (sulfide) groups is 1. The maximum absolute atomic E-state index is 13.9. The Hall–Kier alpha value is -1.07. The Morgan fingerprint density at radius 1 is 1.39 bits per heavy atom. The van der Waals surface area contributed by atoms with Crippen molar-refractivity contribution in [3.8, 4) is 0 Å². The van der Waals surface area contributed by atoms with Crippen molar-refractivity contribution >= 4 is 17.6 Å². The quantitative estimate of drug-likeness (QED) is 0.651. The molecule has 1 saturated heterocycles.